The summed E-state index contributed by atoms with van der Waals surface area (Å²) in [6.07, 6.45) is 0. The summed E-state index contributed by atoms with van der Waals surface area (Å²) in [5, 5.41) is 10.5. The average Bonchev–Trinajstić information content (AvgIpc) is 2.16. The van der Waals surface area contributed by atoms with E-state index in [4.69, 9.17) is 28.9 Å². The van der Waals surface area contributed by atoms with Gasteiger partial charge in [-0.05, 0) is 5.56 Å². The molecule has 14 heavy (non-hydrogen) atoms. The Labute approximate surface area is 90.8 Å². The van der Waals surface area contributed by atoms with Crippen molar-refractivity contribution in [3.63, 3.8) is 0 Å². The van der Waals surface area contributed by atoms with Crippen molar-refractivity contribution >= 4 is 34.6 Å². The van der Waals surface area contributed by atoms with Crippen LogP contribution in [-0.2, 0) is 11.8 Å². The Morgan fingerprint density at radius 3 is 2.43 bits per heavy atom. The molecule has 0 bridgehead atoms. The summed E-state index contributed by atoms with van der Waals surface area (Å²) in [6, 6.07) is 2.91. The van der Waals surface area contributed by atoms with Gasteiger partial charge in [-0.1, -0.05) is 6.07 Å². The van der Waals surface area contributed by atoms with Crippen LogP contribution < -0.4 is 5.73 Å². The molecule has 0 radical (unpaired) electrons. The maximum Gasteiger partial charge on any atom is 0.292 e. The molecular formula is C8H8Cl2N2O2. The summed E-state index contributed by atoms with van der Waals surface area (Å²) in [5.74, 6) is 0.361. The highest BCUT2D eigenvalue weighted by molar-refractivity contribution is 6.19. The lowest BCUT2D eigenvalue weighted by Gasteiger charge is -2.07. The highest BCUT2D eigenvalue weighted by Crippen LogP contribution is 2.30. The molecule has 0 aliphatic carbocycles. The van der Waals surface area contributed by atoms with E-state index in [1.165, 1.54) is 6.07 Å². The zero-order valence-corrected chi connectivity index (χ0v) is 8.68. The molecule has 0 amide bonds. The Bertz CT molecular complexity index is 369. The maximum atomic E-state index is 10.5. The van der Waals surface area contributed by atoms with Crippen LogP contribution in [0.15, 0.2) is 12.1 Å². The van der Waals surface area contributed by atoms with Crippen molar-refractivity contribution < 1.29 is 4.92 Å². The number of benzene rings is 1. The fourth-order valence-electron chi connectivity index (χ4n) is 1.14. The molecule has 0 saturated carbocycles. The molecule has 0 aromatic heterocycles. The lowest BCUT2D eigenvalue weighted by molar-refractivity contribution is -0.383. The minimum absolute atomic E-state index is 0.100. The van der Waals surface area contributed by atoms with Crippen LogP contribution in [-0.4, -0.2) is 4.92 Å². The number of nitrogen functional groups attached to an aromatic ring is 1. The van der Waals surface area contributed by atoms with Gasteiger partial charge in [0.25, 0.3) is 5.69 Å². The van der Waals surface area contributed by atoms with Crippen molar-refractivity contribution in [2.75, 3.05) is 5.73 Å². The van der Waals surface area contributed by atoms with Gasteiger partial charge in [-0.15, -0.1) is 23.2 Å². The van der Waals surface area contributed by atoms with Crippen molar-refractivity contribution in [2.45, 2.75) is 11.8 Å². The van der Waals surface area contributed by atoms with Crippen LogP contribution in [0.2, 0.25) is 0 Å². The molecule has 0 heterocycles. The number of nitrogens with two attached hydrogens (primary N) is 1. The number of nitro benzene ring substituents is 1. The van der Waals surface area contributed by atoms with Gasteiger partial charge >= 0.3 is 0 Å². The predicted octanol–water partition coefficient (Wildman–Crippen LogP) is 2.65. The first kappa shape index (κ1) is 11.1. The van der Waals surface area contributed by atoms with Gasteiger partial charge in [0.1, 0.15) is 5.69 Å². The first-order valence-corrected chi connectivity index (χ1v) is 4.85. The lowest BCUT2D eigenvalue weighted by atomic mass is 10.1. The van der Waals surface area contributed by atoms with Crippen LogP contribution in [0.4, 0.5) is 11.4 Å². The van der Waals surface area contributed by atoms with Gasteiger partial charge in [0, 0.05) is 23.4 Å². The third-order valence-corrected chi connectivity index (χ3v) is 2.46. The van der Waals surface area contributed by atoms with Gasteiger partial charge in [-0.2, -0.15) is 0 Å². The van der Waals surface area contributed by atoms with E-state index < -0.39 is 4.92 Å². The van der Waals surface area contributed by atoms with E-state index in [1.807, 2.05) is 0 Å². The van der Waals surface area contributed by atoms with Crippen molar-refractivity contribution in [1.29, 1.82) is 0 Å². The molecule has 1 aromatic carbocycles. The van der Waals surface area contributed by atoms with Crippen LogP contribution >= 0.6 is 23.2 Å². The Kier molecular flexibility index (Phi) is 3.55. The van der Waals surface area contributed by atoms with Crippen molar-refractivity contribution in [1.82, 2.24) is 0 Å². The van der Waals surface area contributed by atoms with Crippen LogP contribution in [0.1, 0.15) is 11.1 Å². The first-order chi connectivity index (χ1) is 6.61. The van der Waals surface area contributed by atoms with E-state index in [2.05, 4.69) is 0 Å². The van der Waals surface area contributed by atoms with E-state index in [1.54, 1.807) is 6.07 Å². The minimum atomic E-state index is -0.538. The predicted molar refractivity (Wildman–Crippen MR) is 56.6 cm³/mol. The SMILES string of the molecule is Nc1c([N+](=O)[O-])ccc(CCl)c1CCl. The average molecular weight is 235 g/mol. The minimum Gasteiger partial charge on any atom is -0.393 e. The van der Waals surface area contributed by atoms with Gasteiger partial charge in [-0.3, -0.25) is 10.1 Å². The molecule has 6 heteroatoms. The van der Waals surface area contributed by atoms with Crippen molar-refractivity contribution in [2.24, 2.45) is 0 Å². The quantitative estimate of drug-likeness (QED) is 0.379. The second-order valence-corrected chi connectivity index (χ2v) is 3.19. The summed E-state index contributed by atoms with van der Waals surface area (Å²) in [6.45, 7) is 0. The molecule has 0 unspecified atom stereocenters. The van der Waals surface area contributed by atoms with Crippen molar-refractivity contribution in [3.05, 3.63) is 33.4 Å². The number of halogens is 2. The fourth-order valence-corrected chi connectivity index (χ4v) is 1.71. The van der Waals surface area contributed by atoms with Gasteiger partial charge in [-0.25, -0.2) is 0 Å². The number of rotatable bonds is 3. The zero-order chi connectivity index (χ0) is 10.7. The standard InChI is InChI=1S/C8H8Cl2N2O2/c9-3-5-1-2-7(12(13)14)8(11)6(5)4-10/h1-2H,3-4,11H2. The number of nitro groups is 1. The number of hydrogen-bond donors (Lipinski definition) is 1. The topological polar surface area (TPSA) is 69.2 Å². The number of nitrogens with zero attached hydrogens (tertiary/aromatic N) is 1. The van der Waals surface area contributed by atoms with Gasteiger partial charge < -0.3 is 5.73 Å². The molecule has 0 aliphatic heterocycles. The van der Waals surface area contributed by atoms with Crippen LogP contribution in [0.3, 0.4) is 0 Å². The summed E-state index contributed by atoms with van der Waals surface area (Å²) in [5.41, 5.74) is 6.82. The molecule has 4 nitrogen and oxygen atoms in total. The lowest BCUT2D eigenvalue weighted by Crippen LogP contribution is -2.02. The first-order valence-electron chi connectivity index (χ1n) is 3.78. The molecule has 0 aliphatic rings. The Morgan fingerprint density at radius 1 is 1.36 bits per heavy atom. The summed E-state index contributed by atoms with van der Waals surface area (Å²) in [7, 11) is 0. The van der Waals surface area contributed by atoms with Gasteiger partial charge in [0.2, 0.25) is 0 Å². The van der Waals surface area contributed by atoms with Crippen LogP contribution in [0.25, 0.3) is 0 Å². The van der Waals surface area contributed by atoms with E-state index >= 15 is 0 Å². The summed E-state index contributed by atoms with van der Waals surface area (Å²) in [4.78, 5) is 10.0. The molecule has 76 valence electrons. The summed E-state index contributed by atoms with van der Waals surface area (Å²) < 4.78 is 0. The Morgan fingerprint density at radius 2 is 2.00 bits per heavy atom. The highest BCUT2D eigenvalue weighted by Gasteiger charge is 2.16. The molecule has 0 fully saturated rings. The van der Waals surface area contributed by atoms with E-state index in [9.17, 15) is 10.1 Å². The smallest absolute Gasteiger partial charge is 0.292 e. The Balaban J connectivity index is 3.34. The molecule has 2 N–H and O–H groups in total. The van der Waals surface area contributed by atoms with Gasteiger partial charge in [0.15, 0.2) is 0 Å². The number of alkyl halides is 2. The fraction of sp³-hybridized carbons (Fsp3) is 0.250. The monoisotopic (exact) mass is 234 g/mol. The van der Waals surface area contributed by atoms with E-state index in [0.29, 0.717) is 5.56 Å². The highest BCUT2D eigenvalue weighted by atomic mass is 35.5. The Hall–Kier alpha value is -1.000. The molecule has 0 atom stereocenters. The van der Waals surface area contributed by atoms with Crippen molar-refractivity contribution in [3.8, 4) is 0 Å². The number of hydrogen-bond acceptors (Lipinski definition) is 3. The van der Waals surface area contributed by atoms with Crippen LogP contribution in [0.5, 0.6) is 0 Å². The van der Waals surface area contributed by atoms with E-state index in [-0.39, 0.29) is 23.1 Å². The number of anilines is 1. The normalized spacial score (nSPS) is 10.1. The largest absolute Gasteiger partial charge is 0.393 e. The van der Waals surface area contributed by atoms with Crippen LogP contribution in [0, 0.1) is 10.1 Å². The molecular weight excluding hydrogens is 227 g/mol. The summed E-state index contributed by atoms with van der Waals surface area (Å²) >= 11 is 11.3. The molecule has 1 aromatic rings. The molecule has 0 saturated heterocycles. The third-order valence-electron chi connectivity index (χ3n) is 1.91. The third kappa shape index (κ3) is 1.91. The zero-order valence-electron chi connectivity index (χ0n) is 7.17. The molecule has 1 rings (SSSR count). The van der Waals surface area contributed by atoms with E-state index in [0.717, 1.165) is 5.56 Å². The molecule has 0 spiro atoms. The maximum absolute atomic E-state index is 10.5. The second kappa shape index (κ2) is 4.48. The van der Waals surface area contributed by atoms with Gasteiger partial charge in [0.05, 0.1) is 4.92 Å². The second-order valence-electron chi connectivity index (χ2n) is 2.66.